The number of nitrogens with zero attached hydrogens (tertiary/aromatic N) is 3. The summed E-state index contributed by atoms with van der Waals surface area (Å²) in [6, 6.07) is 12.6. The van der Waals surface area contributed by atoms with E-state index in [1.165, 1.54) is 0 Å². The van der Waals surface area contributed by atoms with E-state index in [-0.39, 0.29) is 0 Å². The number of benzene rings is 1. The molecule has 0 bridgehead atoms. The summed E-state index contributed by atoms with van der Waals surface area (Å²) in [4.78, 5) is 4.70. The van der Waals surface area contributed by atoms with Crippen LogP contribution in [0.4, 0.5) is 0 Å². The Kier molecular flexibility index (Phi) is 6.55. The number of aromatic nitrogens is 3. The van der Waals surface area contributed by atoms with Gasteiger partial charge in [0.15, 0.2) is 0 Å². The molecule has 0 saturated heterocycles. The lowest BCUT2D eigenvalue weighted by Gasteiger charge is -2.38. The van der Waals surface area contributed by atoms with E-state index in [2.05, 4.69) is 80.2 Å². The van der Waals surface area contributed by atoms with Gasteiger partial charge in [-0.1, -0.05) is 79.9 Å². The zero-order chi connectivity index (χ0) is 22.6. The first-order valence-corrected chi connectivity index (χ1v) is 10.6. The minimum atomic E-state index is -0.717. The lowest BCUT2D eigenvalue weighted by Crippen LogP contribution is -2.39. The zero-order valence-corrected chi connectivity index (χ0v) is 19.2. The van der Waals surface area contributed by atoms with Crippen molar-refractivity contribution in [3.05, 3.63) is 120 Å². The maximum Gasteiger partial charge on any atom is 0.138 e. The molecule has 0 N–H and O–H groups in total. The highest BCUT2D eigenvalue weighted by Gasteiger charge is 2.42. The molecule has 3 heteroatoms. The number of allylic oxidation sites excluding steroid dienone is 8. The molecule has 1 unspecified atom stereocenters. The molecule has 0 radical (unpaired) electrons. The molecule has 0 fully saturated rings. The van der Waals surface area contributed by atoms with E-state index >= 15 is 0 Å². The molecule has 0 aliphatic carbocycles. The van der Waals surface area contributed by atoms with Gasteiger partial charge in [-0.25, -0.2) is 4.68 Å². The van der Waals surface area contributed by atoms with E-state index in [9.17, 15) is 0 Å². The lowest BCUT2D eigenvalue weighted by atomic mass is 9.75. The monoisotopic (exact) mass is 409 g/mol. The van der Waals surface area contributed by atoms with Gasteiger partial charge in [-0.05, 0) is 57.4 Å². The highest BCUT2D eigenvalue weighted by molar-refractivity contribution is 5.85. The van der Waals surface area contributed by atoms with Crippen LogP contribution in [0.15, 0.2) is 97.2 Å². The molecule has 0 amide bonds. The number of aryl methyl sites for hydroxylation is 3. The smallest absolute Gasteiger partial charge is 0.138 e. The molecule has 1 aromatic carbocycles. The number of hydrogen-bond acceptors (Lipinski definition) is 2. The Morgan fingerprint density at radius 1 is 1.00 bits per heavy atom. The van der Waals surface area contributed by atoms with E-state index in [0.29, 0.717) is 0 Å². The van der Waals surface area contributed by atoms with Gasteiger partial charge in [0.1, 0.15) is 5.54 Å². The van der Waals surface area contributed by atoms with Crippen LogP contribution in [-0.2, 0) is 5.54 Å². The number of pyridine rings is 1. The average Bonchev–Trinajstić information content (AvgIpc) is 3.10. The summed E-state index contributed by atoms with van der Waals surface area (Å²) in [5.41, 5.74) is 6.44. The van der Waals surface area contributed by atoms with Crippen molar-refractivity contribution in [3.63, 3.8) is 0 Å². The van der Waals surface area contributed by atoms with Crippen LogP contribution in [0.25, 0.3) is 10.9 Å². The van der Waals surface area contributed by atoms with Crippen molar-refractivity contribution in [2.24, 2.45) is 0 Å². The molecule has 2 heterocycles. The predicted molar refractivity (Wildman–Crippen MR) is 132 cm³/mol. The second-order valence-corrected chi connectivity index (χ2v) is 7.62. The van der Waals surface area contributed by atoms with E-state index in [1.807, 2.05) is 45.1 Å². The Hall–Kier alpha value is -3.46. The second kappa shape index (κ2) is 9.13. The number of hydrogen-bond donors (Lipinski definition) is 0. The first-order chi connectivity index (χ1) is 14.9. The number of fused-ring (bicyclic) bond motifs is 1. The van der Waals surface area contributed by atoms with Gasteiger partial charge in [-0.15, -0.1) is 0 Å². The molecule has 0 aliphatic heterocycles. The molecule has 0 saturated carbocycles. The fourth-order valence-electron chi connectivity index (χ4n) is 4.55. The maximum absolute atomic E-state index is 5.12. The zero-order valence-electron chi connectivity index (χ0n) is 19.2. The molecule has 3 aromatic rings. The van der Waals surface area contributed by atoms with Gasteiger partial charge < -0.3 is 0 Å². The number of rotatable bonds is 7. The van der Waals surface area contributed by atoms with Crippen LogP contribution in [0.1, 0.15) is 36.5 Å². The molecule has 158 valence electrons. The van der Waals surface area contributed by atoms with Crippen LogP contribution < -0.4 is 0 Å². The molecule has 3 nitrogen and oxygen atoms in total. The maximum atomic E-state index is 5.12. The topological polar surface area (TPSA) is 30.7 Å². The third-order valence-electron chi connectivity index (χ3n) is 5.67. The van der Waals surface area contributed by atoms with Crippen LogP contribution >= 0.6 is 0 Å². The lowest BCUT2D eigenvalue weighted by molar-refractivity contribution is 0.470. The summed E-state index contributed by atoms with van der Waals surface area (Å²) in [7, 11) is 0. The molecule has 31 heavy (non-hydrogen) atoms. The highest BCUT2D eigenvalue weighted by atomic mass is 15.3. The normalized spacial score (nSPS) is 14.7. The summed E-state index contributed by atoms with van der Waals surface area (Å²) in [6.45, 7) is 18.4. The third kappa shape index (κ3) is 3.61. The van der Waals surface area contributed by atoms with Gasteiger partial charge in [0.05, 0.1) is 11.2 Å². The minimum absolute atomic E-state index is 0.717. The van der Waals surface area contributed by atoms with Gasteiger partial charge in [0, 0.05) is 16.8 Å². The Balaban J connectivity index is 2.65. The van der Waals surface area contributed by atoms with Gasteiger partial charge in [-0.2, -0.15) is 5.10 Å². The summed E-state index contributed by atoms with van der Waals surface area (Å²) < 4.78 is 2.14. The molecule has 0 aliphatic rings. The van der Waals surface area contributed by atoms with Crippen molar-refractivity contribution in [1.29, 1.82) is 0 Å². The van der Waals surface area contributed by atoms with Crippen LogP contribution in [0, 0.1) is 20.8 Å². The SMILES string of the molecule is C=C/C=C(\C=C)C(C(/C=C\C)=C/C)(c1ccccc1)n1nc(C)c2c(C)nc(C)cc21. The Bertz CT molecular complexity index is 1210. The predicted octanol–water partition coefficient (Wildman–Crippen LogP) is 6.92. The van der Waals surface area contributed by atoms with Gasteiger partial charge in [0.25, 0.3) is 0 Å². The van der Waals surface area contributed by atoms with Crippen molar-refractivity contribution < 1.29 is 0 Å². The highest BCUT2D eigenvalue weighted by Crippen LogP contribution is 2.44. The van der Waals surface area contributed by atoms with Crippen molar-refractivity contribution in [3.8, 4) is 0 Å². The fourth-order valence-corrected chi connectivity index (χ4v) is 4.55. The largest absolute Gasteiger partial charge is 0.258 e. The van der Waals surface area contributed by atoms with Crippen molar-refractivity contribution in [1.82, 2.24) is 14.8 Å². The molecule has 1 atom stereocenters. The summed E-state index contributed by atoms with van der Waals surface area (Å²) in [5.74, 6) is 0. The Morgan fingerprint density at radius 3 is 2.29 bits per heavy atom. The van der Waals surface area contributed by atoms with Gasteiger partial charge in [-0.3, -0.25) is 4.98 Å². The van der Waals surface area contributed by atoms with Crippen molar-refractivity contribution in [2.45, 2.75) is 40.2 Å². The Labute approximate surface area is 185 Å². The quantitative estimate of drug-likeness (QED) is 0.396. The molecule has 3 rings (SSSR count). The summed E-state index contributed by atoms with van der Waals surface area (Å²) in [5, 5.41) is 6.21. The third-order valence-corrected chi connectivity index (χ3v) is 5.67. The van der Waals surface area contributed by atoms with Crippen molar-refractivity contribution in [2.75, 3.05) is 0 Å². The van der Waals surface area contributed by atoms with Crippen LogP contribution in [0.5, 0.6) is 0 Å². The minimum Gasteiger partial charge on any atom is -0.258 e. The van der Waals surface area contributed by atoms with Gasteiger partial charge in [0.2, 0.25) is 0 Å². The average molecular weight is 410 g/mol. The standard InChI is InChI=1S/C28H31N3/c1-8-15-23(10-3)28(24(11-4)16-9-2,25-17-13-12-14-18-25)31-26-19-20(5)29-21(6)27(26)22(7)30-31/h8-19H,1,3H2,2,4-7H3/b16-9-,23-15+,24-11+. The first-order valence-electron chi connectivity index (χ1n) is 10.6. The van der Waals surface area contributed by atoms with E-state index in [0.717, 1.165) is 44.7 Å². The fraction of sp³-hybridized carbons (Fsp3) is 0.214. The van der Waals surface area contributed by atoms with Crippen LogP contribution in [0.3, 0.4) is 0 Å². The molecular formula is C28H31N3. The van der Waals surface area contributed by atoms with Gasteiger partial charge >= 0.3 is 0 Å². The molecule has 2 aromatic heterocycles. The molecular weight excluding hydrogens is 378 g/mol. The van der Waals surface area contributed by atoms with E-state index in [4.69, 9.17) is 10.1 Å². The summed E-state index contributed by atoms with van der Waals surface area (Å²) >= 11 is 0. The van der Waals surface area contributed by atoms with E-state index < -0.39 is 5.54 Å². The Morgan fingerprint density at radius 2 is 1.71 bits per heavy atom. The van der Waals surface area contributed by atoms with Crippen molar-refractivity contribution >= 4 is 10.9 Å². The van der Waals surface area contributed by atoms with Crippen LogP contribution in [0.2, 0.25) is 0 Å². The molecule has 0 spiro atoms. The first kappa shape index (κ1) is 22.2. The van der Waals surface area contributed by atoms with E-state index in [1.54, 1.807) is 0 Å². The van der Waals surface area contributed by atoms with Crippen LogP contribution in [-0.4, -0.2) is 14.8 Å². The second-order valence-electron chi connectivity index (χ2n) is 7.62. The summed E-state index contributed by atoms with van der Waals surface area (Å²) in [6.07, 6.45) is 12.1.